The van der Waals surface area contributed by atoms with Crippen molar-refractivity contribution in [2.45, 2.75) is 27.3 Å². The van der Waals surface area contributed by atoms with Crippen molar-refractivity contribution < 1.29 is 0 Å². The van der Waals surface area contributed by atoms with Gasteiger partial charge in [0.2, 0.25) is 0 Å². The molecule has 0 amide bonds. The highest BCUT2D eigenvalue weighted by molar-refractivity contribution is 7.80. The summed E-state index contributed by atoms with van der Waals surface area (Å²) in [5, 5.41) is 4.48. The van der Waals surface area contributed by atoms with Crippen molar-refractivity contribution in [3.63, 3.8) is 0 Å². The molecule has 0 aliphatic rings. The van der Waals surface area contributed by atoms with Crippen LogP contribution in [-0.4, -0.2) is 15.5 Å². The third kappa shape index (κ3) is 3.63. The Morgan fingerprint density at radius 1 is 1.16 bits per heavy atom. The van der Waals surface area contributed by atoms with E-state index in [9.17, 15) is 0 Å². The largest absolute Gasteiger partial charge is 0.272 e. The highest BCUT2D eigenvalue weighted by Crippen LogP contribution is 2.28. The van der Waals surface area contributed by atoms with Crippen LogP contribution in [0.15, 0.2) is 42.7 Å². The van der Waals surface area contributed by atoms with Gasteiger partial charge in [-0.2, -0.15) is 17.7 Å². The molecule has 1 aromatic heterocycles. The minimum absolute atomic E-state index is 0.251. The van der Waals surface area contributed by atoms with Gasteiger partial charge in [-0.3, -0.25) is 4.68 Å². The molecule has 0 aliphatic carbocycles. The van der Waals surface area contributed by atoms with E-state index in [1.165, 1.54) is 11.1 Å². The van der Waals surface area contributed by atoms with E-state index in [-0.39, 0.29) is 5.41 Å². The quantitative estimate of drug-likeness (QED) is 0.830. The van der Waals surface area contributed by atoms with Crippen molar-refractivity contribution in [1.29, 1.82) is 0 Å². The summed E-state index contributed by atoms with van der Waals surface area (Å²) >= 11 is 4.47. The van der Waals surface area contributed by atoms with E-state index in [4.69, 9.17) is 0 Å². The van der Waals surface area contributed by atoms with Gasteiger partial charge in [-0.05, 0) is 22.6 Å². The van der Waals surface area contributed by atoms with Crippen molar-refractivity contribution in [2.24, 2.45) is 11.3 Å². The Morgan fingerprint density at radius 2 is 1.84 bits per heavy atom. The van der Waals surface area contributed by atoms with Gasteiger partial charge in [0.05, 0.1) is 6.20 Å². The second kappa shape index (κ2) is 5.83. The number of hydrogen-bond acceptors (Lipinski definition) is 2. The van der Waals surface area contributed by atoms with Crippen LogP contribution in [-0.2, 0) is 6.54 Å². The van der Waals surface area contributed by atoms with E-state index >= 15 is 0 Å². The first-order valence-corrected chi connectivity index (χ1v) is 7.32. The molecule has 3 heteroatoms. The average Bonchev–Trinajstić information content (AvgIpc) is 2.84. The Hall–Kier alpha value is -1.22. The van der Waals surface area contributed by atoms with E-state index in [0.29, 0.717) is 5.92 Å². The molecule has 1 unspecified atom stereocenters. The molecule has 0 spiro atoms. The van der Waals surface area contributed by atoms with E-state index in [2.05, 4.69) is 69.0 Å². The fourth-order valence-corrected chi connectivity index (χ4v) is 2.74. The van der Waals surface area contributed by atoms with E-state index in [1.807, 2.05) is 16.9 Å². The Kier molecular flexibility index (Phi) is 4.35. The van der Waals surface area contributed by atoms with Crippen LogP contribution in [0.25, 0.3) is 11.1 Å². The molecule has 0 saturated carbocycles. The van der Waals surface area contributed by atoms with Crippen LogP contribution >= 0.6 is 12.6 Å². The van der Waals surface area contributed by atoms with Crippen LogP contribution in [0.4, 0.5) is 0 Å². The topological polar surface area (TPSA) is 17.8 Å². The van der Waals surface area contributed by atoms with Gasteiger partial charge in [0, 0.05) is 18.3 Å². The minimum atomic E-state index is 0.251. The molecule has 0 radical (unpaired) electrons. The smallest absolute Gasteiger partial charge is 0.0568 e. The molecule has 0 aliphatic heterocycles. The molecule has 102 valence electrons. The predicted molar refractivity (Wildman–Crippen MR) is 84.5 cm³/mol. The Balaban J connectivity index is 2.14. The molecule has 0 bridgehead atoms. The van der Waals surface area contributed by atoms with E-state index in [1.54, 1.807) is 0 Å². The maximum absolute atomic E-state index is 4.48. The van der Waals surface area contributed by atoms with Crippen LogP contribution in [0.1, 0.15) is 20.8 Å². The zero-order chi connectivity index (χ0) is 13.9. The van der Waals surface area contributed by atoms with Crippen molar-refractivity contribution in [1.82, 2.24) is 9.78 Å². The molecule has 2 rings (SSSR count). The lowest BCUT2D eigenvalue weighted by Gasteiger charge is -2.29. The Morgan fingerprint density at radius 3 is 2.42 bits per heavy atom. The first-order valence-electron chi connectivity index (χ1n) is 6.69. The second-order valence-electron chi connectivity index (χ2n) is 6.06. The minimum Gasteiger partial charge on any atom is -0.272 e. The lowest BCUT2D eigenvalue weighted by Crippen LogP contribution is -2.26. The molecule has 1 heterocycles. The van der Waals surface area contributed by atoms with Gasteiger partial charge in [0.1, 0.15) is 0 Å². The highest BCUT2D eigenvalue weighted by atomic mass is 32.1. The molecule has 1 aromatic carbocycles. The molecule has 19 heavy (non-hydrogen) atoms. The molecule has 2 nitrogen and oxygen atoms in total. The summed E-state index contributed by atoms with van der Waals surface area (Å²) in [6, 6.07) is 10.4. The number of nitrogens with zero attached hydrogens (tertiary/aromatic N) is 2. The molecule has 0 saturated heterocycles. The fraction of sp³-hybridized carbons (Fsp3) is 0.438. The van der Waals surface area contributed by atoms with E-state index < -0.39 is 0 Å². The standard InChI is InChI=1S/C16H22N2S/c1-16(2,3)15(12-19)11-18-10-14(9-17-18)13-7-5-4-6-8-13/h4-10,15,19H,11-12H2,1-3H3. The van der Waals surface area contributed by atoms with Gasteiger partial charge in [-0.25, -0.2) is 0 Å². The third-order valence-electron chi connectivity index (χ3n) is 3.59. The van der Waals surface area contributed by atoms with Crippen molar-refractivity contribution >= 4 is 12.6 Å². The van der Waals surface area contributed by atoms with Gasteiger partial charge in [0.25, 0.3) is 0 Å². The summed E-state index contributed by atoms with van der Waals surface area (Å²) in [5.74, 6) is 1.39. The van der Waals surface area contributed by atoms with Crippen LogP contribution in [0.3, 0.4) is 0 Å². The number of hydrogen-bond donors (Lipinski definition) is 1. The molecule has 0 N–H and O–H groups in total. The second-order valence-corrected chi connectivity index (χ2v) is 6.43. The van der Waals surface area contributed by atoms with Crippen molar-refractivity contribution in [2.75, 3.05) is 5.75 Å². The lowest BCUT2D eigenvalue weighted by atomic mass is 9.82. The zero-order valence-electron chi connectivity index (χ0n) is 11.9. The molecular formula is C16H22N2S. The number of rotatable bonds is 4. The molecule has 2 aromatic rings. The van der Waals surface area contributed by atoms with E-state index in [0.717, 1.165) is 12.3 Å². The maximum atomic E-state index is 4.48. The Bertz CT molecular complexity index is 511. The van der Waals surface area contributed by atoms with Crippen molar-refractivity contribution in [3.8, 4) is 11.1 Å². The summed E-state index contributed by atoms with van der Waals surface area (Å²) < 4.78 is 2.04. The van der Waals surface area contributed by atoms with Crippen LogP contribution in [0.2, 0.25) is 0 Å². The molecule has 1 atom stereocenters. The zero-order valence-corrected chi connectivity index (χ0v) is 12.8. The lowest BCUT2D eigenvalue weighted by molar-refractivity contribution is 0.231. The highest BCUT2D eigenvalue weighted by Gasteiger charge is 2.23. The normalized spacial score (nSPS) is 13.5. The van der Waals surface area contributed by atoms with Crippen LogP contribution in [0, 0.1) is 11.3 Å². The summed E-state index contributed by atoms with van der Waals surface area (Å²) in [6.07, 6.45) is 4.06. The average molecular weight is 274 g/mol. The summed E-state index contributed by atoms with van der Waals surface area (Å²) in [7, 11) is 0. The number of benzene rings is 1. The van der Waals surface area contributed by atoms with Gasteiger partial charge in [0.15, 0.2) is 0 Å². The number of thiol groups is 1. The van der Waals surface area contributed by atoms with Crippen LogP contribution in [0.5, 0.6) is 0 Å². The Labute approximate surface area is 121 Å². The monoisotopic (exact) mass is 274 g/mol. The summed E-state index contributed by atoms with van der Waals surface area (Å²) in [5.41, 5.74) is 2.64. The van der Waals surface area contributed by atoms with Crippen LogP contribution < -0.4 is 0 Å². The van der Waals surface area contributed by atoms with Gasteiger partial charge < -0.3 is 0 Å². The molecular weight excluding hydrogens is 252 g/mol. The van der Waals surface area contributed by atoms with Gasteiger partial charge >= 0.3 is 0 Å². The number of aromatic nitrogens is 2. The van der Waals surface area contributed by atoms with Gasteiger partial charge in [-0.1, -0.05) is 51.1 Å². The van der Waals surface area contributed by atoms with Crippen molar-refractivity contribution in [3.05, 3.63) is 42.7 Å². The summed E-state index contributed by atoms with van der Waals surface area (Å²) in [4.78, 5) is 0. The third-order valence-corrected chi connectivity index (χ3v) is 4.03. The first kappa shape index (κ1) is 14.2. The van der Waals surface area contributed by atoms with Gasteiger partial charge in [-0.15, -0.1) is 0 Å². The first-order chi connectivity index (χ1) is 9.00. The predicted octanol–water partition coefficient (Wildman–Crippen LogP) is 4.14. The maximum Gasteiger partial charge on any atom is 0.0568 e. The fourth-order valence-electron chi connectivity index (χ4n) is 2.07. The summed E-state index contributed by atoms with van der Waals surface area (Å²) in [6.45, 7) is 7.69. The SMILES string of the molecule is CC(C)(C)C(CS)Cn1cc(-c2ccccc2)cn1. The molecule has 0 fully saturated rings.